The number of pyridine rings is 1. The van der Waals surface area contributed by atoms with Crippen molar-refractivity contribution in [2.45, 2.75) is 45.2 Å². The molecule has 0 aliphatic carbocycles. The fraction of sp³-hybridized carbons (Fsp3) is 0.321. The first-order valence-corrected chi connectivity index (χ1v) is 13.8. The molecule has 2 N–H and O–H groups in total. The molecular weight excluding hydrogens is 650 g/mol. The lowest BCUT2D eigenvalue weighted by Crippen LogP contribution is -2.21. The van der Waals surface area contributed by atoms with Gasteiger partial charge in [0.2, 0.25) is 5.89 Å². The van der Waals surface area contributed by atoms with E-state index >= 15 is 0 Å². The number of likely N-dealkylation sites (tertiary alicyclic amines) is 1. The minimum absolute atomic E-state index is 0.583. The highest BCUT2D eigenvalue weighted by Crippen LogP contribution is 2.30. The molecule has 18 heteroatoms. The minimum atomic E-state index is -5.08. The number of benzene rings is 1. The van der Waals surface area contributed by atoms with Crippen molar-refractivity contribution >= 4 is 40.2 Å². The molecule has 0 bridgehead atoms. The summed E-state index contributed by atoms with van der Waals surface area (Å²) in [5, 5.41) is 23.5. The van der Waals surface area contributed by atoms with Crippen LogP contribution in [0.4, 0.5) is 26.3 Å². The highest BCUT2D eigenvalue weighted by Gasteiger charge is 2.38. The SMILES string of the molecule is Cc1nnc2ccc3c(cc(-c4ncco4)n3Cc3cc(Cl)cc(CN4CCCC4)c3)n12.O=C(O)C(F)(F)F.O=C(O)C(F)(F)F. The van der Waals surface area contributed by atoms with Gasteiger partial charge in [-0.05, 0) is 74.3 Å². The third-order valence-electron chi connectivity index (χ3n) is 6.70. The average molecular weight is 675 g/mol. The largest absolute Gasteiger partial charge is 0.490 e. The monoisotopic (exact) mass is 674 g/mol. The van der Waals surface area contributed by atoms with Crippen LogP contribution in [0.2, 0.25) is 5.02 Å². The van der Waals surface area contributed by atoms with E-state index in [-0.39, 0.29) is 0 Å². The molecule has 1 aromatic carbocycles. The maximum Gasteiger partial charge on any atom is 0.490 e. The van der Waals surface area contributed by atoms with Crippen LogP contribution in [0.1, 0.15) is 29.8 Å². The molecule has 46 heavy (non-hydrogen) atoms. The molecule has 11 nitrogen and oxygen atoms in total. The van der Waals surface area contributed by atoms with Gasteiger partial charge >= 0.3 is 24.3 Å². The Morgan fingerprint density at radius 3 is 2.02 bits per heavy atom. The number of alkyl halides is 6. The Kier molecular flexibility index (Phi) is 10.3. The van der Waals surface area contributed by atoms with E-state index in [1.54, 1.807) is 12.5 Å². The predicted octanol–water partition coefficient (Wildman–Crippen LogP) is 6.21. The van der Waals surface area contributed by atoms with Crippen molar-refractivity contribution in [3.05, 3.63) is 70.8 Å². The number of carboxylic acids is 2. The van der Waals surface area contributed by atoms with E-state index < -0.39 is 24.3 Å². The van der Waals surface area contributed by atoms with Gasteiger partial charge in [0.15, 0.2) is 5.65 Å². The van der Waals surface area contributed by atoms with Crippen molar-refractivity contribution in [1.82, 2.24) is 29.0 Å². The molecule has 0 atom stereocenters. The Balaban J connectivity index is 0.000000289. The summed E-state index contributed by atoms with van der Waals surface area (Å²) in [5.41, 5.74) is 6.22. The van der Waals surface area contributed by atoms with Gasteiger partial charge in [0.25, 0.3) is 0 Å². The number of hydrogen-bond acceptors (Lipinski definition) is 7. The standard InChI is InChI=1S/C24H23ClN6O.2C2HF3O2/c1-16-27-28-23-5-4-20-21(31(16)23)13-22(24-26-6-9-32-24)30(20)15-18-10-17(11-19(25)12-18)14-29-7-2-3-8-29;2*3-2(4,5)1(6)7/h4-6,9-13H,2-3,7-8,14-15H2,1H3;2*(H,6,7). The number of halogens is 7. The zero-order chi connectivity index (χ0) is 33.8. The van der Waals surface area contributed by atoms with Gasteiger partial charge in [-0.25, -0.2) is 14.6 Å². The van der Waals surface area contributed by atoms with Gasteiger partial charge in [-0.15, -0.1) is 10.2 Å². The van der Waals surface area contributed by atoms with Crippen LogP contribution < -0.4 is 0 Å². The summed E-state index contributed by atoms with van der Waals surface area (Å²) in [6, 6.07) is 12.6. The Hall–Kier alpha value is -4.64. The van der Waals surface area contributed by atoms with Crippen LogP contribution in [-0.2, 0) is 22.7 Å². The summed E-state index contributed by atoms with van der Waals surface area (Å²) in [7, 11) is 0. The lowest BCUT2D eigenvalue weighted by atomic mass is 10.1. The second-order valence-corrected chi connectivity index (χ2v) is 10.5. The van der Waals surface area contributed by atoms with Crippen molar-refractivity contribution in [2.24, 2.45) is 0 Å². The zero-order valence-corrected chi connectivity index (χ0v) is 24.6. The van der Waals surface area contributed by atoms with Crippen LogP contribution in [0.3, 0.4) is 0 Å². The molecule has 1 fully saturated rings. The maximum absolute atomic E-state index is 10.6. The van der Waals surface area contributed by atoms with Gasteiger partial charge in [-0.3, -0.25) is 9.30 Å². The Bertz CT molecular complexity index is 1800. The Labute approximate surface area is 260 Å². The number of aromatic nitrogens is 5. The van der Waals surface area contributed by atoms with E-state index in [4.69, 9.17) is 35.8 Å². The summed E-state index contributed by atoms with van der Waals surface area (Å²) in [4.78, 5) is 24.7. The number of carbonyl (C=O) groups is 2. The molecule has 5 aromatic rings. The number of rotatable bonds is 5. The molecule has 4 aromatic heterocycles. The molecular formula is C28H25ClF6N6O5. The number of hydrogen-bond donors (Lipinski definition) is 2. The number of nitrogens with zero attached hydrogens (tertiary/aromatic N) is 6. The van der Waals surface area contributed by atoms with Crippen LogP contribution in [0.15, 0.2) is 53.3 Å². The first kappa shape index (κ1) is 34.2. The molecule has 0 amide bonds. The normalized spacial score (nSPS) is 13.7. The highest BCUT2D eigenvalue weighted by atomic mass is 35.5. The van der Waals surface area contributed by atoms with Crippen LogP contribution in [0.25, 0.3) is 28.3 Å². The van der Waals surface area contributed by atoms with Crippen molar-refractivity contribution in [2.75, 3.05) is 13.1 Å². The van der Waals surface area contributed by atoms with Gasteiger partial charge in [0.1, 0.15) is 17.8 Å². The van der Waals surface area contributed by atoms with E-state index in [0.29, 0.717) is 12.4 Å². The van der Waals surface area contributed by atoms with Gasteiger partial charge in [-0.1, -0.05) is 17.7 Å². The second-order valence-electron chi connectivity index (χ2n) is 10.1. The second kappa shape index (κ2) is 13.8. The summed E-state index contributed by atoms with van der Waals surface area (Å²) < 4.78 is 73.4. The van der Waals surface area contributed by atoms with Crippen molar-refractivity contribution in [3.8, 4) is 11.6 Å². The molecule has 0 radical (unpaired) electrons. The number of fused-ring (bicyclic) bond motifs is 3. The van der Waals surface area contributed by atoms with Crippen molar-refractivity contribution in [1.29, 1.82) is 0 Å². The van der Waals surface area contributed by atoms with E-state index in [2.05, 4.69) is 53.3 Å². The quantitative estimate of drug-likeness (QED) is 0.208. The fourth-order valence-corrected chi connectivity index (χ4v) is 5.10. The van der Waals surface area contributed by atoms with Crippen LogP contribution >= 0.6 is 11.6 Å². The van der Waals surface area contributed by atoms with Crippen LogP contribution in [-0.4, -0.2) is 76.6 Å². The molecule has 0 unspecified atom stereocenters. The molecule has 1 aliphatic heterocycles. The lowest BCUT2D eigenvalue weighted by molar-refractivity contribution is -0.193. The molecule has 5 heterocycles. The van der Waals surface area contributed by atoms with Gasteiger partial charge in [0.05, 0.1) is 17.2 Å². The molecule has 6 rings (SSSR count). The number of carboxylic acid groups (broad SMARTS) is 2. The fourth-order valence-electron chi connectivity index (χ4n) is 4.82. The number of oxazole rings is 1. The third-order valence-corrected chi connectivity index (χ3v) is 6.92. The smallest absolute Gasteiger partial charge is 0.475 e. The van der Waals surface area contributed by atoms with E-state index in [0.717, 1.165) is 58.4 Å². The van der Waals surface area contributed by atoms with Crippen LogP contribution in [0, 0.1) is 6.92 Å². The summed E-state index contributed by atoms with van der Waals surface area (Å²) in [5.74, 6) is -4.09. The predicted molar refractivity (Wildman–Crippen MR) is 151 cm³/mol. The van der Waals surface area contributed by atoms with E-state index in [1.165, 1.54) is 18.4 Å². The van der Waals surface area contributed by atoms with Gasteiger partial charge < -0.3 is 19.2 Å². The lowest BCUT2D eigenvalue weighted by Gasteiger charge is -2.16. The molecule has 1 aliphatic rings. The topological polar surface area (TPSA) is 139 Å². The zero-order valence-electron chi connectivity index (χ0n) is 23.8. The van der Waals surface area contributed by atoms with Crippen molar-refractivity contribution in [3.63, 3.8) is 0 Å². The number of aliphatic carboxylic acids is 2. The van der Waals surface area contributed by atoms with Gasteiger partial charge in [0, 0.05) is 18.1 Å². The van der Waals surface area contributed by atoms with Gasteiger partial charge in [-0.2, -0.15) is 26.3 Å². The first-order valence-electron chi connectivity index (χ1n) is 13.4. The average Bonchev–Trinajstić information content (AvgIpc) is 3.76. The Morgan fingerprint density at radius 1 is 0.891 bits per heavy atom. The number of aryl methyl sites for hydroxylation is 1. The third kappa shape index (κ3) is 8.33. The van der Waals surface area contributed by atoms with E-state index in [9.17, 15) is 26.3 Å². The minimum Gasteiger partial charge on any atom is -0.475 e. The highest BCUT2D eigenvalue weighted by molar-refractivity contribution is 6.30. The first-order chi connectivity index (χ1) is 21.5. The summed E-state index contributed by atoms with van der Waals surface area (Å²) in [6.07, 6.45) is -4.34. The Morgan fingerprint density at radius 2 is 1.48 bits per heavy atom. The molecule has 246 valence electrons. The van der Waals surface area contributed by atoms with E-state index in [1.807, 2.05) is 19.1 Å². The maximum atomic E-state index is 10.6. The molecule has 1 saturated heterocycles. The van der Waals surface area contributed by atoms with Crippen LogP contribution in [0.5, 0.6) is 0 Å². The molecule has 0 spiro atoms. The summed E-state index contributed by atoms with van der Waals surface area (Å²) >= 11 is 6.54. The molecule has 0 saturated carbocycles. The summed E-state index contributed by atoms with van der Waals surface area (Å²) in [6.45, 7) is 5.87. The van der Waals surface area contributed by atoms with Crippen molar-refractivity contribution < 1.29 is 50.6 Å².